The molecule has 0 atom stereocenters. The predicted molar refractivity (Wildman–Crippen MR) is 87.7 cm³/mol. The quantitative estimate of drug-likeness (QED) is 0.853. The lowest BCUT2D eigenvalue weighted by Crippen LogP contribution is -2.16. The number of nitrogen functional groups attached to an aromatic ring is 1. The van der Waals surface area contributed by atoms with Crippen molar-refractivity contribution in [2.75, 3.05) is 25.1 Å². The SMILES string of the molecule is CN(C)Cc1ccccc1NC(=O)c1ccc(Cl)c(N)c1. The first kappa shape index (κ1) is 15.4. The van der Waals surface area contributed by atoms with E-state index in [0.717, 1.165) is 17.8 Å². The van der Waals surface area contributed by atoms with Crippen molar-refractivity contribution in [3.8, 4) is 0 Å². The number of nitrogens with one attached hydrogen (secondary N) is 1. The average Bonchev–Trinajstić information content (AvgIpc) is 2.43. The smallest absolute Gasteiger partial charge is 0.255 e. The van der Waals surface area contributed by atoms with Crippen LogP contribution >= 0.6 is 11.6 Å². The van der Waals surface area contributed by atoms with Crippen molar-refractivity contribution in [1.82, 2.24) is 4.90 Å². The van der Waals surface area contributed by atoms with E-state index in [4.69, 9.17) is 17.3 Å². The van der Waals surface area contributed by atoms with Gasteiger partial charge >= 0.3 is 0 Å². The first-order valence-electron chi connectivity index (χ1n) is 6.56. The molecule has 0 aromatic heterocycles. The summed E-state index contributed by atoms with van der Waals surface area (Å²) in [5, 5.41) is 3.36. The number of halogens is 1. The fraction of sp³-hybridized carbons (Fsp3) is 0.188. The third kappa shape index (κ3) is 3.97. The number of carbonyl (C=O) groups is 1. The van der Waals surface area contributed by atoms with Gasteiger partial charge in [0.25, 0.3) is 5.91 Å². The molecule has 21 heavy (non-hydrogen) atoms. The maximum atomic E-state index is 12.3. The second kappa shape index (κ2) is 6.61. The monoisotopic (exact) mass is 303 g/mol. The van der Waals surface area contributed by atoms with Gasteiger partial charge in [-0.15, -0.1) is 0 Å². The van der Waals surface area contributed by atoms with Crippen molar-refractivity contribution in [3.05, 3.63) is 58.6 Å². The molecule has 0 fully saturated rings. The molecule has 5 heteroatoms. The maximum absolute atomic E-state index is 12.3. The lowest BCUT2D eigenvalue weighted by molar-refractivity contribution is 0.102. The van der Waals surface area contributed by atoms with Crippen LogP contribution in [0.3, 0.4) is 0 Å². The van der Waals surface area contributed by atoms with Crippen LogP contribution in [-0.2, 0) is 6.54 Å². The lowest BCUT2D eigenvalue weighted by atomic mass is 10.1. The molecule has 0 aliphatic rings. The molecule has 0 aliphatic heterocycles. The van der Waals surface area contributed by atoms with E-state index in [0.29, 0.717) is 16.3 Å². The molecule has 4 nitrogen and oxygen atoms in total. The van der Waals surface area contributed by atoms with Crippen molar-refractivity contribution in [3.63, 3.8) is 0 Å². The minimum absolute atomic E-state index is 0.204. The average molecular weight is 304 g/mol. The first-order chi connectivity index (χ1) is 9.97. The molecule has 0 heterocycles. The highest BCUT2D eigenvalue weighted by Crippen LogP contribution is 2.21. The van der Waals surface area contributed by atoms with Crippen LogP contribution in [0.2, 0.25) is 5.02 Å². The Morgan fingerprint density at radius 2 is 1.95 bits per heavy atom. The Morgan fingerprint density at radius 3 is 2.62 bits per heavy atom. The van der Waals surface area contributed by atoms with Gasteiger partial charge in [-0.2, -0.15) is 0 Å². The maximum Gasteiger partial charge on any atom is 0.255 e. The standard InChI is InChI=1S/C16H18ClN3O/c1-20(2)10-12-5-3-4-6-15(12)19-16(21)11-7-8-13(17)14(18)9-11/h3-9H,10,18H2,1-2H3,(H,19,21). The zero-order valence-corrected chi connectivity index (χ0v) is 12.8. The zero-order valence-electron chi connectivity index (χ0n) is 12.1. The van der Waals surface area contributed by atoms with E-state index >= 15 is 0 Å². The summed E-state index contributed by atoms with van der Waals surface area (Å²) in [6.45, 7) is 0.749. The van der Waals surface area contributed by atoms with E-state index in [-0.39, 0.29) is 5.91 Å². The van der Waals surface area contributed by atoms with Gasteiger partial charge in [0, 0.05) is 17.8 Å². The van der Waals surface area contributed by atoms with E-state index in [9.17, 15) is 4.79 Å². The van der Waals surface area contributed by atoms with Gasteiger partial charge in [0.05, 0.1) is 10.7 Å². The van der Waals surface area contributed by atoms with Gasteiger partial charge in [-0.3, -0.25) is 4.79 Å². The Morgan fingerprint density at radius 1 is 1.24 bits per heavy atom. The van der Waals surface area contributed by atoms with Gasteiger partial charge in [-0.25, -0.2) is 0 Å². The van der Waals surface area contributed by atoms with E-state index in [2.05, 4.69) is 5.32 Å². The topological polar surface area (TPSA) is 58.4 Å². The second-order valence-electron chi connectivity index (χ2n) is 5.09. The molecule has 2 aromatic rings. The van der Waals surface area contributed by atoms with Gasteiger partial charge in [0.15, 0.2) is 0 Å². The largest absolute Gasteiger partial charge is 0.398 e. The number of hydrogen-bond acceptors (Lipinski definition) is 3. The molecule has 0 spiro atoms. The van der Waals surface area contributed by atoms with Crippen LogP contribution in [0.5, 0.6) is 0 Å². The van der Waals surface area contributed by atoms with Gasteiger partial charge in [0.1, 0.15) is 0 Å². The highest BCUT2D eigenvalue weighted by molar-refractivity contribution is 6.33. The van der Waals surface area contributed by atoms with Crippen molar-refractivity contribution in [1.29, 1.82) is 0 Å². The molecule has 0 bridgehead atoms. The van der Waals surface area contributed by atoms with Crippen molar-refractivity contribution in [2.24, 2.45) is 0 Å². The Kier molecular flexibility index (Phi) is 4.83. The molecule has 3 N–H and O–H groups in total. The minimum atomic E-state index is -0.204. The molecular weight excluding hydrogens is 286 g/mol. The summed E-state index contributed by atoms with van der Waals surface area (Å²) in [6.07, 6.45) is 0. The van der Waals surface area contributed by atoms with Crippen LogP contribution in [0.25, 0.3) is 0 Å². The summed E-state index contributed by atoms with van der Waals surface area (Å²) in [4.78, 5) is 14.3. The van der Waals surface area contributed by atoms with Crippen LogP contribution in [0.15, 0.2) is 42.5 Å². The van der Waals surface area contributed by atoms with Gasteiger partial charge in [-0.1, -0.05) is 29.8 Å². The number of benzene rings is 2. The summed E-state index contributed by atoms with van der Waals surface area (Å²) in [5.41, 5.74) is 8.46. The highest BCUT2D eigenvalue weighted by Gasteiger charge is 2.10. The molecular formula is C16H18ClN3O. The number of rotatable bonds is 4. The molecule has 0 radical (unpaired) electrons. The molecule has 0 saturated heterocycles. The Bertz CT molecular complexity index is 656. The van der Waals surface area contributed by atoms with E-state index in [1.807, 2.05) is 43.3 Å². The number of hydrogen-bond donors (Lipinski definition) is 2. The Hall–Kier alpha value is -2.04. The molecule has 0 aliphatic carbocycles. The van der Waals surface area contributed by atoms with E-state index < -0.39 is 0 Å². The second-order valence-corrected chi connectivity index (χ2v) is 5.49. The summed E-state index contributed by atoms with van der Waals surface area (Å²) >= 11 is 5.87. The zero-order chi connectivity index (χ0) is 15.4. The summed E-state index contributed by atoms with van der Waals surface area (Å²) < 4.78 is 0. The van der Waals surface area contributed by atoms with Gasteiger partial charge in [0.2, 0.25) is 0 Å². The molecule has 110 valence electrons. The normalized spacial score (nSPS) is 10.7. The first-order valence-corrected chi connectivity index (χ1v) is 6.94. The third-order valence-electron chi connectivity index (χ3n) is 3.01. The molecule has 2 rings (SSSR count). The third-order valence-corrected chi connectivity index (χ3v) is 3.35. The fourth-order valence-electron chi connectivity index (χ4n) is 2.00. The van der Waals surface area contributed by atoms with E-state index in [1.54, 1.807) is 18.2 Å². The van der Waals surface area contributed by atoms with E-state index in [1.165, 1.54) is 0 Å². The number of para-hydroxylation sites is 1. The number of nitrogens with two attached hydrogens (primary N) is 1. The molecule has 2 aromatic carbocycles. The highest BCUT2D eigenvalue weighted by atomic mass is 35.5. The van der Waals surface area contributed by atoms with Gasteiger partial charge in [-0.05, 0) is 43.9 Å². The van der Waals surface area contributed by atoms with Crippen LogP contribution < -0.4 is 11.1 Å². The van der Waals surface area contributed by atoms with Gasteiger partial charge < -0.3 is 16.0 Å². The predicted octanol–water partition coefficient (Wildman–Crippen LogP) is 3.24. The number of amides is 1. The summed E-state index contributed by atoms with van der Waals surface area (Å²) in [7, 11) is 3.97. The number of nitrogens with zero attached hydrogens (tertiary/aromatic N) is 1. The van der Waals surface area contributed by atoms with Crippen molar-refractivity contribution >= 4 is 28.9 Å². The Labute approximate surface area is 129 Å². The lowest BCUT2D eigenvalue weighted by Gasteiger charge is -2.15. The van der Waals surface area contributed by atoms with Crippen molar-refractivity contribution < 1.29 is 4.79 Å². The molecule has 0 unspecified atom stereocenters. The van der Waals surface area contributed by atoms with Crippen LogP contribution in [0.1, 0.15) is 15.9 Å². The van der Waals surface area contributed by atoms with Crippen molar-refractivity contribution in [2.45, 2.75) is 6.54 Å². The number of anilines is 2. The molecule has 1 amide bonds. The van der Waals surface area contributed by atoms with Crippen LogP contribution in [0, 0.1) is 0 Å². The van der Waals surface area contributed by atoms with Crippen LogP contribution in [-0.4, -0.2) is 24.9 Å². The van der Waals surface area contributed by atoms with Crippen LogP contribution in [0.4, 0.5) is 11.4 Å². The fourth-order valence-corrected chi connectivity index (χ4v) is 2.12. The summed E-state index contributed by atoms with van der Waals surface area (Å²) in [6, 6.07) is 12.6. The summed E-state index contributed by atoms with van der Waals surface area (Å²) in [5.74, 6) is -0.204. The number of carbonyl (C=O) groups excluding carboxylic acids is 1. The minimum Gasteiger partial charge on any atom is -0.398 e. The Balaban J connectivity index is 2.21. The molecule has 0 saturated carbocycles.